The first kappa shape index (κ1) is 21.9. The number of methoxy groups -OCH3 is 1. The Hall–Kier alpha value is -2.10. The molecule has 0 fully saturated rings. The van der Waals surface area contributed by atoms with E-state index in [4.69, 9.17) is 0 Å². The minimum Gasteiger partial charge on any atom is -0.469 e. The Morgan fingerprint density at radius 1 is 1.19 bits per heavy atom. The summed E-state index contributed by atoms with van der Waals surface area (Å²) in [5, 5.41) is 0. The van der Waals surface area contributed by atoms with E-state index in [1.54, 1.807) is 0 Å². The lowest BCUT2D eigenvalue weighted by Gasteiger charge is -2.14. The average molecular weight is 396 g/mol. The number of halogens is 3. The molecule has 6 nitrogen and oxygen atoms in total. The van der Waals surface area contributed by atoms with E-state index < -0.39 is 33.1 Å². The van der Waals surface area contributed by atoms with Gasteiger partial charge in [0, 0.05) is 6.42 Å². The summed E-state index contributed by atoms with van der Waals surface area (Å²) in [7, 11) is -4.83. The third-order valence-electron chi connectivity index (χ3n) is 3.35. The minimum atomic E-state index is -5.96. The molecule has 1 rings (SSSR count). The topological polar surface area (TPSA) is 86.7 Å². The monoisotopic (exact) mass is 396 g/mol. The standard InChI is InChI=1S/C16H19F3O6S/c1-10(2)4-7-13(20)12-6-5-11(9-15(21)24-3)8-14(12)25-26(22,23)16(17,18)19/h5-6,8,10H,4,7,9H2,1-3H3. The second-order valence-corrected chi connectivity index (χ2v) is 7.46. The number of Topliss-reactive ketones (excluding diaryl/α,β-unsaturated/α-hetero) is 1. The Bertz CT molecular complexity index is 769. The van der Waals surface area contributed by atoms with Crippen molar-refractivity contribution in [3.05, 3.63) is 29.3 Å². The fourth-order valence-electron chi connectivity index (χ4n) is 1.93. The number of hydrogen-bond acceptors (Lipinski definition) is 6. The maximum Gasteiger partial charge on any atom is 0.534 e. The molecule has 146 valence electrons. The molecule has 0 radical (unpaired) electrons. The molecule has 1 aromatic carbocycles. The van der Waals surface area contributed by atoms with E-state index in [2.05, 4.69) is 8.92 Å². The van der Waals surface area contributed by atoms with Gasteiger partial charge < -0.3 is 8.92 Å². The van der Waals surface area contributed by atoms with Crippen LogP contribution in [0.1, 0.15) is 42.6 Å². The van der Waals surface area contributed by atoms with Gasteiger partial charge in [-0.05, 0) is 30.0 Å². The molecule has 0 unspecified atom stereocenters. The Balaban J connectivity index is 3.28. The van der Waals surface area contributed by atoms with Crippen molar-refractivity contribution in [2.45, 2.75) is 38.6 Å². The van der Waals surface area contributed by atoms with Gasteiger partial charge in [0.25, 0.3) is 0 Å². The van der Waals surface area contributed by atoms with Crippen molar-refractivity contribution in [3.8, 4) is 5.75 Å². The van der Waals surface area contributed by atoms with Crippen LogP contribution in [-0.4, -0.2) is 32.8 Å². The van der Waals surface area contributed by atoms with Gasteiger partial charge in [-0.1, -0.05) is 19.9 Å². The van der Waals surface area contributed by atoms with E-state index in [0.29, 0.717) is 6.42 Å². The third-order valence-corrected chi connectivity index (χ3v) is 4.32. The number of hydrogen-bond donors (Lipinski definition) is 0. The SMILES string of the molecule is COC(=O)Cc1ccc(C(=O)CCC(C)C)c(OS(=O)(=O)C(F)(F)F)c1. The van der Waals surface area contributed by atoms with Crippen molar-refractivity contribution in [1.29, 1.82) is 0 Å². The Kier molecular flexibility index (Phi) is 7.19. The van der Waals surface area contributed by atoms with Crippen LogP contribution in [0.5, 0.6) is 5.75 Å². The predicted octanol–water partition coefficient (Wildman–Crippen LogP) is 3.25. The molecule has 0 atom stereocenters. The molecule has 1 aromatic rings. The maximum atomic E-state index is 12.6. The van der Waals surface area contributed by atoms with Crippen LogP contribution in [0.4, 0.5) is 13.2 Å². The zero-order valence-corrected chi connectivity index (χ0v) is 15.2. The van der Waals surface area contributed by atoms with E-state index in [-0.39, 0.29) is 29.9 Å². The number of ketones is 1. The number of alkyl halides is 3. The summed E-state index contributed by atoms with van der Waals surface area (Å²) >= 11 is 0. The molecule has 0 saturated heterocycles. The lowest BCUT2D eigenvalue weighted by molar-refractivity contribution is -0.139. The zero-order chi connectivity index (χ0) is 20.1. The van der Waals surface area contributed by atoms with Gasteiger partial charge in [0.05, 0.1) is 19.1 Å². The van der Waals surface area contributed by atoms with Gasteiger partial charge in [-0.25, -0.2) is 0 Å². The lowest BCUT2D eigenvalue weighted by Crippen LogP contribution is -2.28. The highest BCUT2D eigenvalue weighted by atomic mass is 32.2. The van der Waals surface area contributed by atoms with Gasteiger partial charge in [-0.15, -0.1) is 0 Å². The van der Waals surface area contributed by atoms with Crippen LogP contribution in [0.15, 0.2) is 18.2 Å². The smallest absolute Gasteiger partial charge is 0.469 e. The summed E-state index contributed by atoms with van der Waals surface area (Å²) in [6, 6.07) is 3.39. The number of rotatable bonds is 8. The summed E-state index contributed by atoms with van der Waals surface area (Å²) in [5.41, 5.74) is -5.81. The molecule has 0 amide bonds. The largest absolute Gasteiger partial charge is 0.534 e. The molecule has 0 heterocycles. The summed E-state index contributed by atoms with van der Waals surface area (Å²) in [4.78, 5) is 23.6. The normalized spacial score (nSPS) is 12.1. The van der Waals surface area contributed by atoms with Gasteiger partial charge in [0.1, 0.15) is 0 Å². The van der Waals surface area contributed by atoms with Crippen LogP contribution in [0.3, 0.4) is 0 Å². The van der Waals surface area contributed by atoms with Gasteiger partial charge in [-0.2, -0.15) is 21.6 Å². The highest BCUT2D eigenvalue weighted by Gasteiger charge is 2.49. The Labute approximate surface area is 149 Å². The van der Waals surface area contributed by atoms with Gasteiger partial charge in [0.2, 0.25) is 0 Å². The van der Waals surface area contributed by atoms with Crippen molar-refractivity contribution >= 4 is 21.9 Å². The highest BCUT2D eigenvalue weighted by molar-refractivity contribution is 7.88. The van der Waals surface area contributed by atoms with E-state index in [9.17, 15) is 31.2 Å². The zero-order valence-electron chi connectivity index (χ0n) is 14.4. The second kappa shape index (κ2) is 8.52. The van der Waals surface area contributed by atoms with E-state index in [1.165, 1.54) is 6.07 Å². The molecule has 0 saturated carbocycles. The van der Waals surface area contributed by atoms with Gasteiger partial charge in [-0.3, -0.25) is 9.59 Å². The Morgan fingerprint density at radius 2 is 1.81 bits per heavy atom. The second-order valence-electron chi connectivity index (χ2n) is 5.92. The van der Waals surface area contributed by atoms with Crippen molar-refractivity contribution in [2.24, 2.45) is 5.92 Å². The lowest BCUT2D eigenvalue weighted by atomic mass is 9.99. The molecule has 0 aromatic heterocycles. The van der Waals surface area contributed by atoms with Crippen molar-refractivity contribution in [2.75, 3.05) is 7.11 Å². The number of benzene rings is 1. The molecule has 26 heavy (non-hydrogen) atoms. The average Bonchev–Trinajstić information content (AvgIpc) is 2.51. The van der Waals surface area contributed by atoms with Crippen molar-refractivity contribution in [1.82, 2.24) is 0 Å². The summed E-state index contributed by atoms with van der Waals surface area (Å²) < 4.78 is 69.0. The molecule has 0 bridgehead atoms. The van der Waals surface area contributed by atoms with E-state index >= 15 is 0 Å². The van der Waals surface area contributed by atoms with Crippen LogP contribution in [0.2, 0.25) is 0 Å². The number of carbonyl (C=O) groups excluding carboxylic acids is 2. The molecule has 0 aliphatic rings. The first-order valence-electron chi connectivity index (χ1n) is 7.61. The molecule has 0 spiro atoms. The van der Waals surface area contributed by atoms with E-state index in [1.807, 2.05) is 13.8 Å². The fraction of sp³-hybridized carbons (Fsp3) is 0.500. The first-order valence-corrected chi connectivity index (χ1v) is 9.02. The molecule has 0 aliphatic carbocycles. The summed E-state index contributed by atoms with van der Waals surface area (Å²) in [5.74, 6) is -1.84. The van der Waals surface area contributed by atoms with Crippen LogP contribution < -0.4 is 4.18 Å². The third kappa shape index (κ3) is 6.01. The first-order chi connectivity index (χ1) is 11.9. The van der Waals surface area contributed by atoms with Crippen molar-refractivity contribution in [3.63, 3.8) is 0 Å². The number of ether oxygens (including phenoxy) is 1. The fourth-order valence-corrected chi connectivity index (χ4v) is 2.40. The predicted molar refractivity (Wildman–Crippen MR) is 86.2 cm³/mol. The summed E-state index contributed by atoms with van der Waals surface area (Å²) in [6.45, 7) is 3.72. The molecule has 0 aliphatic heterocycles. The van der Waals surface area contributed by atoms with Crippen LogP contribution >= 0.6 is 0 Å². The quantitative estimate of drug-likeness (QED) is 0.290. The van der Waals surface area contributed by atoms with Gasteiger partial charge >= 0.3 is 21.6 Å². The van der Waals surface area contributed by atoms with E-state index in [0.717, 1.165) is 19.2 Å². The van der Waals surface area contributed by atoms with Gasteiger partial charge in [0.15, 0.2) is 11.5 Å². The molecular formula is C16H19F3O6S. The minimum absolute atomic E-state index is 0.0104. The maximum absolute atomic E-state index is 12.6. The van der Waals surface area contributed by atoms with Crippen LogP contribution in [-0.2, 0) is 26.1 Å². The molecule has 0 N–H and O–H groups in total. The summed E-state index contributed by atoms with van der Waals surface area (Å²) in [6.07, 6.45) is 0.157. The highest BCUT2D eigenvalue weighted by Crippen LogP contribution is 2.31. The Morgan fingerprint density at radius 3 is 2.31 bits per heavy atom. The van der Waals surface area contributed by atoms with Crippen LogP contribution in [0.25, 0.3) is 0 Å². The van der Waals surface area contributed by atoms with Crippen LogP contribution in [0, 0.1) is 5.92 Å². The number of esters is 1. The molecular weight excluding hydrogens is 377 g/mol. The molecule has 10 heteroatoms. The number of carbonyl (C=O) groups is 2. The van der Waals surface area contributed by atoms with Crippen molar-refractivity contribution < 1.29 is 40.1 Å².